The highest BCUT2D eigenvalue weighted by molar-refractivity contribution is 5.89. The average molecular weight is 290 g/mol. The van der Waals surface area contributed by atoms with Crippen LogP contribution in [0.4, 0.5) is 14.9 Å². The summed E-state index contributed by atoms with van der Waals surface area (Å²) in [5, 5.41) is 9.53. The number of halogens is 1. The van der Waals surface area contributed by atoms with Crippen molar-refractivity contribution < 1.29 is 9.18 Å². The van der Waals surface area contributed by atoms with Gasteiger partial charge in [-0.1, -0.05) is 12.1 Å². The van der Waals surface area contributed by atoms with Gasteiger partial charge in [0.05, 0.1) is 11.4 Å². The molecule has 0 aliphatic carbocycles. The van der Waals surface area contributed by atoms with Gasteiger partial charge in [-0.05, 0) is 38.0 Å². The third-order valence-electron chi connectivity index (χ3n) is 3.44. The minimum atomic E-state index is -0.452. The van der Waals surface area contributed by atoms with E-state index in [1.165, 1.54) is 12.1 Å². The SMILES string of the molecule is Cc1nn(C)c(C)c1CCNC(=O)Nc1ccccc1F. The molecule has 2 rings (SSSR count). The third-order valence-corrected chi connectivity index (χ3v) is 3.44. The topological polar surface area (TPSA) is 59.0 Å². The van der Waals surface area contributed by atoms with Crippen molar-refractivity contribution in [2.24, 2.45) is 7.05 Å². The van der Waals surface area contributed by atoms with E-state index in [0.29, 0.717) is 13.0 Å². The van der Waals surface area contributed by atoms with Crippen molar-refractivity contribution >= 4 is 11.7 Å². The van der Waals surface area contributed by atoms with Gasteiger partial charge in [0.15, 0.2) is 0 Å². The summed E-state index contributed by atoms with van der Waals surface area (Å²) in [6.45, 7) is 4.41. The highest BCUT2D eigenvalue weighted by Crippen LogP contribution is 2.13. The molecule has 0 aliphatic rings. The van der Waals surface area contributed by atoms with E-state index < -0.39 is 11.8 Å². The number of carbonyl (C=O) groups is 1. The molecule has 0 fully saturated rings. The molecular formula is C15H19FN4O. The first kappa shape index (κ1) is 15.0. The smallest absolute Gasteiger partial charge is 0.319 e. The first-order valence-electron chi connectivity index (χ1n) is 6.77. The first-order valence-corrected chi connectivity index (χ1v) is 6.77. The zero-order valence-corrected chi connectivity index (χ0v) is 12.4. The lowest BCUT2D eigenvalue weighted by molar-refractivity contribution is 0.252. The molecule has 0 atom stereocenters. The Morgan fingerprint density at radius 1 is 1.33 bits per heavy atom. The number of nitrogens with one attached hydrogen (secondary N) is 2. The maximum atomic E-state index is 13.4. The molecule has 0 bridgehead atoms. The van der Waals surface area contributed by atoms with Crippen molar-refractivity contribution in [3.8, 4) is 0 Å². The number of amides is 2. The predicted molar refractivity (Wildman–Crippen MR) is 79.8 cm³/mol. The highest BCUT2D eigenvalue weighted by Gasteiger charge is 2.10. The molecule has 1 aromatic carbocycles. The molecule has 0 saturated carbocycles. The Morgan fingerprint density at radius 2 is 2.05 bits per heavy atom. The zero-order valence-electron chi connectivity index (χ0n) is 12.4. The van der Waals surface area contributed by atoms with Gasteiger partial charge in [0, 0.05) is 19.3 Å². The molecule has 0 saturated heterocycles. The molecular weight excluding hydrogens is 271 g/mol. The molecule has 0 radical (unpaired) electrons. The van der Waals surface area contributed by atoms with Gasteiger partial charge >= 0.3 is 6.03 Å². The summed E-state index contributed by atoms with van der Waals surface area (Å²) < 4.78 is 15.2. The van der Waals surface area contributed by atoms with E-state index >= 15 is 0 Å². The normalized spacial score (nSPS) is 10.5. The van der Waals surface area contributed by atoms with E-state index in [4.69, 9.17) is 0 Å². The molecule has 2 amide bonds. The van der Waals surface area contributed by atoms with Crippen LogP contribution in [0.3, 0.4) is 0 Å². The molecule has 2 aromatic rings. The number of carbonyl (C=O) groups excluding carboxylic acids is 1. The van der Waals surface area contributed by atoms with Crippen LogP contribution in [0.5, 0.6) is 0 Å². The standard InChI is InChI=1S/C15H19FN4O/c1-10-12(11(2)20(3)19-10)8-9-17-15(21)18-14-7-5-4-6-13(14)16/h4-7H,8-9H2,1-3H3,(H2,17,18,21). The molecule has 112 valence electrons. The molecule has 2 N–H and O–H groups in total. The second-order valence-electron chi connectivity index (χ2n) is 4.88. The van der Waals surface area contributed by atoms with Crippen molar-refractivity contribution in [3.63, 3.8) is 0 Å². The Hall–Kier alpha value is -2.37. The molecule has 0 aliphatic heterocycles. The van der Waals surface area contributed by atoms with E-state index in [0.717, 1.165) is 17.0 Å². The quantitative estimate of drug-likeness (QED) is 0.909. The van der Waals surface area contributed by atoms with Crippen molar-refractivity contribution in [2.75, 3.05) is 11.9 Å². The second kappa shape index (κ2) is 6.39. The zero-order chi connectivity index (χ0) is 15.4. The van der Waals surface area contributed by atoms with Crippen LogP contribution in [0.15, 0.2) is 24.3 Å². The average Bonchev–Trinajstić information content (AvgIpc) is 2.68. The van der Waals surface area contributed by atoms with E-state index in [9.17, 15) is 9.18 Å². The largest absolute Gasteiger partial charge is 0.338 e. The summed E-state index contributed by atoms with van der Waals surface area (Å²) in [6.07, 6.45) is 0.691. The Bertz CT molecular complexity index is 651. The van der Waals surface area contributed by atoms with Crippen molar-refractivity contribution in [2.45, 2.75) is 20.3 Å². The summed E-state index contributed by atoms with van der Waals surface area (Å²) in [4.78, 5) is 11.7. The lowest BCUT2D eigenvalue weighted by Gasteiger charge is -2.08. The highest BCUT2D eigenvalue weighted by atomic mass is 19.1. The van der Waals surface area contributed by atoms with Crippen LogP contribution in [0, 0.1) is 19.7 Å². The van der Waals surface area contributed by atoms with Crippen LogP contribution in [0.1, 0.15) is 17.0 Å². The monoisotopic (exact) mass is 290 g/mol. The molecule has 6 heteroatoms. The van der Waals surface area contributed by atoms with E-state index in [1.807, 2.05) is 25.6 Å². The predicted octanol–water partition coefficient (Wildman–Crippen LogP) is 2.54. The van der Waals surface area contributed by atoms with E-state index in [1.54, 1.807) is 12.1 Å². The number of aryl methyl sites for hydroxylation is 2. The van der Waals surface area contributed by atoms with E-state index in [-0.39, 0.29) is 5.69 Å². The molecule has 21 heavy (non-hydrogen) atoms. The van der Waals surface area contributed by atoms with Gasteiger partial charge in [-0.3, -0.25) is 4.68 Å². The first-order chi connectivity index (χ1) is 9.99. The van der Waals surface area contributed by atoms with Crippen LogP contribution < -0.4 is 10.6 Å². The Morgan fingerprint density at radius 3 is 2.67 bits per heavy atom. The molecule has 1 heterocycles. The lowest BCUT2D eigenvalue weighted by atomic mass is 10.1. The fourth-order valence-electron chi connectivity index (χ4n) is 2.21. The Balaban J connectivity index is 1.86. The van der Waals surface area contributed by atoms with Gasteiger partial charge in [-0.2, -0.15) is 5.10 Å². The van der Waals surface area contributed by atoms with Gasteiger partial charge in [0.1, 0.15) is 5.82 Å². The molecule has 0 unspecified atom stereocenters. The summed E-state index contributed by atoms with van der Waals surface area (Å²) >= 11 is 0. The van der Waals surface area contributed by atoms with E-state index in [2.05, 4.69) is 15.7 Å². The van der Waals surface area contributed by atoms with Gasteiger partial charge in [0.2, 0.25) is 0 Å². The molecule has 1 aromatic heterocycles. The number of anilines is 1. The minimum absolute atomic E-state index is 0.170. The van der Waals surface area contributed by atoms with Crippen LogP contribution in [-0.4, -0.2) is 22.4 Å². The maximum Gasteiger partial charge on any atom is 0.319 e. The number of para-hydroxylation sites is 1. The summed E-state index contributed by atoms with van der Waals surface area (Å²) in [5.74, 6) is -0.452. The minimum Gasteiger partial charge on any atom is -0.338 e. The van der Waals surface area contributed by atoms with Crippen molar-refractivity contribution in [3.05, 3.63) is 47.0 Å². The number of nitrogens with zero attached hydrogens (tertiary/aromatic N) is 2. The lowest BCUT2D eigenvalue weighted by Crippen LogP contribution is -2.30. The Kier molecular flexibility index (Phi) is 4.57. The van der Waals surface area contributed by atoms with Crippen LogP contribution in [0.2, 0.25) is 0 Å². The molecule has 0 spiro atoms. The van der Waals surface area contributed by atoms with Crippen LogP contribution in [0.25, 0.3) is 0 Å². The van der Waals surface area contributed by atoms with Gasteiger partial charge in [-0.25, -0.2) is 9.18 Å². The summed E-state index contributed by atoms with van der Waals surface area (Å²) in [7, 11) is 1.89. The summed E-state index contributed by atoms with van der Waals surface area (Å²) in [6, 6.07) is 5.65. The van der Waals surface area contributed by atoms with Gasteiger partial charge in [-0.15, -0.1) is 0 Å². The fraction of sp³-hybridized carbons (Fsp3) is 0.333. The Labute approximate surface area is 123 Å². The van der Waals surface area contributed by atoms with Crippen LogP contribution >= 0.6 is 0 Å². The number of urea groups is 1. The van der Waals surface area contributed by atoms with Crippen molar-refractivity contribution in [1.82, 2.24) is 15.1 Å². The third kappa shape index (κ3) is 3.59. The van der Waals surface area contributed by atoms with Crippen LogP contribution in [-0.2, 0) is 13.5 Å². The summed E-state index contributed by atoms with van der Waals surface area (Å²) in [5.41, 5.74) is 3.35. The van der Waals surface area contributed by atoms with Gasteiger partial charge in [0.25, 0.3) is 0 Å². The maximum absolute atomic E-state index is 13.4. The molecule has 5 nitrogen and oxygen atoms in total. The fourth-order valence-corrected chi connectivity index (χ4v) is 2.21. The number of aromatic nitrogens is 2. The van der Waals surface area contributed by atoms with Crippen molar-refractivity contribution in [1.29, 1.82) is 0 Å². The number of hydrogen-bond acceptors (Lipinski definition) is 2. The second-order valence-corrected chi connectivity index (χ2v) is 4.88. The number of benzene rings is 1. The number of rotatable bonds is 4. The van der Waals surface area contributed by atoms with Gasteiger partial charge < -0.3 is 10.6 Å². The number of hydrogen-bond donors (Lipinski definition) is 2.